The summed E-state index contributed by atoms with van der Waals surface area (Å²) in [4.78, 5) is 6.34. The second-order valence-corrected chi connectivity index (χ2v) is 14.2. The molecule has 1 N–H and O–H groups in total. The minimum absolute atomic E-state index is 0.0854. The molecule has 0 amide bonds. The Labute approximate surface area is 298 Å². The molecule has 1 aromatic heterocycles. The Bertz CT molecular complexity index is 2760. The largest absolute Gasteiger partial charge is 0.353 e. The van der Waals surface area contributed by atoms with Gasteiger partial charge in [0.25, 0.3) is 0 Å². The summed E-state index contributed by atoms with van der Waals surface area (Å²) in [6.45, 7) is 4.71. The lowest BCUT2D eigenvalue weighted by Crippen LogP contribution is -2.16. The van der Waals surface area contributed by atoms with E-state index in [1.165, 1.54) is 65.9 Å². The van der Waals surface area contributed by atoms with E-state index in [4.69, 9.17) is 0 Å². The molecule has 1 aliphatic rings. The van der Waals surface area contributed by atoms with Crippen LogP contribution in [0.4, 0.5) is 17.1 Å². The summed E-state index contributed by atoms with van der Waals surface area (Å²) in [7, 11) is 0. The molecule has 1 aliphatic carbocycles. The molecule has 8 aromatic carbocycles. The highest BCUT2D eigenvalue weighted by atomic mass is 15.1. The van der Waals surface area contributed by atoms with Gasteiger partial charge in [-0.1, -0.05) is 159 Å². The number of nitrogens with one attached hydrogen (secondary N) is 1. The van der Waals surface area contributed by atoms with E-state index in [9.17, 15) is 0 Å². The quantitative estimate of drug-likeness (QED) is 0.183. The van der Waals surface area contributed by atoms with Gasteiger partial charge in [0.15, 0.2) is 0 Å². The fraction of sp³-hybridized carbons (Fsp3) is 0.0612. The van der Waals surface area contributed by atoms with Crippen LogP contribution in [0, 0.1) is 0 Å². The second kappa shape index (κ2) is 11.3. The van der Waals surface area contributed by atoms with E-state index in [1.807, 2.05) is 0 Å². The summed E-state index contributed by atoms with van der Waals surface area (Å²) in [5, 5.41) is 6.14. The van der Waals surface area contributed by atoms with Crippen molar-refractivity contribution in [2.24, 2.45) is 0 Å². The number of aromatic amines is 1. The third-order valence-electron chi connectivity index (χ3n) is 11.0. The number of hydrogen-bond acceptors (Lipinski definition) is 1. The summed E-state index contributed by atoms with van der Waals surface area (Å²) >= 11 is 0. The molecule has 1 heterocycles. The number of nitrogens with zero attached hydrogens (tertiary/aromatic N) is 1. The maximum absolute atomic E-state index is 3.90. The Morgan fingerprint density at radius 2 is 1.04 bits per heavy atom. The summed E-state index contributed by atoms with van der Waals surface area (Å²) < 4.78 is 0. The van der Waals surface area contributed by atoms with Gasteiger partial charge < -0.3 is 9.88 Å². The van der Waals surface area contributed by atoms with Crippen LogP contribution in [0.2, 0.25) is 0 Å². The molecule has 0 bridgehead atoms. The predicted octanol–water partition coefficient (Wildman–Crippen LogP) is 13.6. The minimum Gasteiger partial charge on any atom is -0.353 e. The van der Waals surface area contributed by atoms with Crippen molar-refractivity contribution in [2.75, 3.05) is 4.90 Å². The Morgan fingerprint density at radius 1 is 0.431 bits per heavy atom. The van der Waals surface area contributed by atoms with E-state index in [0.29, 0.717) is 0 Å². The molecule has 2 nitrogen and oxygen atoms in total. The minimum atomic E-state index is -0.0854. The first-order valence-corrected chi connectivity index (χ1v) is 17.8. The fourth-order valence-corrected chi connectivity index (χ4v) is 8.58. The molecule has 2 heteroatoms. The summed E-state index contributed by atoms with van der Waals surface area (Å²) in [6.07, 6.45) is 0. The van der Waals surface area contributed by atoms with E-state index in [-0.39, 0.29) is 5.41 Å². The molecule has 0 aliphatic heterocycles. The Kier molecular flexibility index (Phi) is 6.56. The number of fused-ring (bicyclic) bond motifs is 8. The van der Waals surface area contributed by atoms with E-state index < -0.39 is 0 Å². The van der Waals surface area contributed by atoms with Crippen LogP contribution in [-0.4, -0.2) is 4.98 Å². The first-order chi connectivity index (χ1) is 25.1. The number of benzene rings is 8. The van der Waals surface area contributed by atoms with Gasteiger partial charge in [0, 0.05) is 38.5 Å². The van der Waals surface area contributed by atoms with E-state index in [0.717, 1.165) is 28.3 Å². The summed E-state index contributed by atoms with van der Waals surface area (Å²) in [6, 6.07) is 64.1. The topological polar surface area (TPSA) is 19.0 Å². The van der Waals surface area contributed by atoms with Gasteiger partial charge in [-0.15, -0.1) is 0 Å². The maximum Gasteiger partial charge on any atom is 0.0545 e. The zero-order valence-electron chi connectivity index (χ0n) is 28.7. The highest BCUT2D eigenvalue weighted by Gasteiger charge is 2.35. The highest BCUT2D eigenvalue weighted by Crippen LogP contribution is 2.51. The van der Waals surface area contributed by atoms with Gasteiger partial charge in [0.1, 0.15) is 0 Å². The van der Waals surface area contributed by atoms with Crippen LogP contribution >= 0.6 is 0 Å². The molecule has 0 unspecified atom stereocenters. The number of hydrogen-bond donors (Lipinski definition) is 1. The molecular weight excluding hydrogens is 617 g/mol. The van der Waals surface area contributed by atoms with Crippen molar-refractivity contribution in [3.05, 3.63) is 187 Å². The first kappa shape index (κ1) is 29.5. The van der Waals surface area contributed by atoms with Crippen molar-refractivity contribution in [3.8, 4) is 33.5 Å². The monoisotopic (exact) mass is 652 g/mol. The van der Waals surface area contributed by atoms with Gasteiger partial charge in [0.05, 0.1) is 16.9 Å². The molecular formula is C49H36N2. The smallest absolute Gasteiger partial charge is 0.0545 e. The summed E-state index contributed by atoms with van der Waals surface area (Å²) in [5.41, 5.74) is 14.8. The van der Waals surface area contributed by atoms with Crippen molar-refractivity contribution in [1.29, 1.82) is 0 Å². The molecule has 9 aromatic rings. The van der Waals surface area contributed by atoms with Crippen molar-refractivity contribution < 1.29 is 0 Å². The lowest BCUT2D eigenvalue weighted by Gasteiger charge is -2.29. The van der Waals surface area contributed by atoms with Gasteiger partial charge >= 0.3 is 0 Å². The lowest BCUT2D eigenvalue weighted by atomic mass is 9.82. The molecule has 51 heavy (non-hydrogen) atoms. The average Bonchev–Trinajstić information content (AvgIpc) is 3.69. The molecule has 0 saturated carbocycles. The first-order valence-electron chi connectivity index (χ1n) is 17.8. The fourth-order valence-electron chi connectivity index (χ4n) is 8.58. The molecule has 0 spiro atoms. The average molecular weight is 653 g/mol. The van der Waals surface area contributed by atoms with Crippen LogP contribution < -0.4 is 4.90 Å². The van der Waals surface area contributed by atoms with E-state index in [1.54, 1.807) is 0 Å². The van der Waals surface area contributed by atoms with Crippen LogP contribution in [0.3, 0.4) is 0 Å². The Hall–Kier alpha value is -6.38. The molecule has 0 atom stereocenters. The van der Waals surface area contributed by atoms with Gasteiger partial charge in [-0.05, 0) is 74.5 Å². The normalized spacial score (nSPS) is 13.1. The number of anilines is 3. The summed E-state index contributed by atoms with van der Waals surface area (Å²) in [5.74, 6) is 0. The number of para-hydroxylation sites is 1. The highest BCUT2D eigenvalue weighted by molar-refractivity contribution is 6.22. The van der Waals surface area contributed by atoms with Crippen molar-refractivity contribution in [2.45, 2.75) is 19.3 Å². The van der Waals surface area contributed by atoms with Crippen LogP contribution in [0.15, 0.2) is 176 Å². The van der Waals surface area contributed by atoms with Gasteiger partial charge in [-0.25, -0.2) is 0 Å². The molecule has 0 fully saturated rings. The SMILES string of the molecule is CC1(C)c2ccccc2-c2ccc(N(c3ccccc3)c3cccc4c3ccc3c4ccc4c(-c5ccccc5)c(-c5ccccc5)[nH]c43)cc21. The number of H-pyrrole nitrogens is 1. The molecule has 0 saturated heterocycles. The lowest BCUT2D eigenvalue weighted by molar-refractivity contribution is 0.660. The van der Waals surface area contributed by atoms with Crippen LogP contribution in [-0.2, 0) is 5.41 Å². The van der Waals surface area contributed by atoms with Crippen molar-refractivity contribution in [3.63, 3.8) is 0 Å². The standard InChI is InChI=1S/C49H36N2/c1-49(2)43-23-13-12-21-38(43)39-26-25-35(31-44(39)49)51(34-19-10-5-11-20-34)45-24-14-22-36-37-27-30-42-46(32-15-6-3-7-16-32)47(33-17-8-4-9-18-33)50-48(42)41(37)29-28-40(36)45/h3-31,50H,1-2H3. The van der Waals surface area contributed by atoms with Gasteiger partial charge in [-0.3, -0.25) is 0 Å². The van der Waals surface area contributed by atoms with Gasteiger partial charge in [0.2, 0.25) is 0 Å². The van der Waals surface area contributed by atoms with Crippen LogP contribution in [0.1, 0.15) is 25.0 Å². The van der Waals surface area contributed by atoms with E-state index in [2.05, 4.69) is 200 Å². The maximum atomic E-state index is 3.90. The third-order valence-corrected chi connectivity index (χ3v) is 11.0. The van der Waals surface area contributed by atoms with Crippen molar-refractivity contribution in [1.82, 2.24) is 4.98 Å². The number of aromatic nitrogens is 1. The van der Waals surface area contributed by atoms with E-state index >= 15 is 0 Å². The third kappa shape index (κ3) is 4.50. The molecule has 0 radical (unpaired) electrons. The Balaban J connectivity index is 1.19. The number of rotatable bonds is 5. The second-order valence-electron chi connectivity index (χ2n) is 14.2. The molecule has 242 valence electrons. The van der Waals surface area contributed by atoms with Gasteiger partial charge in [-0.2, -0.15) is 0 Å². The zero-order valence-corrected chi connectivity index (χ0v) is 28.7. The van der Waals surface area contributed by atoms with Crippen LogP contribution in [0.25, 0.3) is 66.0 Å². The predicted molar refractivity (Wildman–Crippen MR) is 216 cm³/mol. The van der Waals surface area contributed by atoms with Crippen LogP contribution in [0.5, 0.6) is 0 Å². The Morgan fingerprint density at radius 3 is 1.82 bits per heavy atom. The van der Waals surface area contributed by atoms with Crippen molar-refractivity contribution >= 4 is 49.5 Å². The zero-order chi connectivity index (χ0) is 34.1. The molecule has 10 rings (SSSR count).